The van der Waals surface area contributed by atoms with Gasteiger partial charge in [-0.05, 0) is 75.9 Å². The van der Waals surface area contributed by atoms with Crippen LogP contribution in [0.1, 0.15) is 21.5 Å². The van der Waals surface area contributed by atoms with Crippen LogP contribution in [0.3, 0.4) is 0 Å². The molecule has 0 spiro atoms. The summed E-state index contributed by atoms with van der Waals surface area (Å²) in [5, 5.41) is 1.77. The number of nitrogens with zero attached hydrogens (tertiary/aromatic N) is 1. The normalized spacial score (nSPS) is 11.6. The first kappa shape index (κ1) is 24.6. The van der Waals surface area contributed by atoms with Crippen molar-refractivity contribution >= 4 is 60.3 Å². The number of fused-ring (bicyclic) bond motifs is 1. The molecule has 3 aromatic carbocycles. The lowest BCUT2D eigenvalue weighted by Gasteiger charge is -2.23. The van der Waals surface area contributed by atoms with Gasteiger partial charge in [0, 0.05) is 15.0 Å². The van der Waals surface area contributed by atoms with Gasteiger partial charge in [-0.1, -0.05) is 24.3 Å². The van der Waals surface area contributed by atoms with Gasteiger partial charge in [-0.2, -0.15) is 13.2 Å². The van der Waals surface area contributed by atoms with E-state index in [0.717, 1.165) is 36.6 Å². The first-order chi connectivity index (χ1) is 16.2. The van der Waals surface area contributed by atoms with Gasteiger partial charge in [0.2, 0.25) is 0 Å². The van der Waals surface area contributed by atoms with Crippen molar-refractivity contribution in [1.82, 2.24) is 0 Å². The first-order valence-corrected chi connectivity index (χ1v) is 12.2. The first-order valence-electron chi connectivity index (χ1n) is 9.84. The molecule has 10 heteroatoms. The molecule has 0 radical (unpaired) electrons. The zero-order chi connectivity index (χ0) is 24.5. The van der Waals surface area contributed by atoms with Crippen molar-refractivity contribution in [2.75, 3.05) is 11.4 Å². The Morgan fingerprint density at radius 2 is 1.79 bits per heavy atom. The van der Waals surface area contributed by atoms with E-state index in [1.807, 2.05) is 28.6 Å². The highest BCUT2D eigenvalue weighted by Crippen LogP contribution is 2.46. The number of anilines is 1. The van der Waals surface area contributed by atoms with Gasteiger partial charge in [0.15, 0.2) is 0 Å². The van der Waals surface area contributed by atoms with E-state index < -0.39 is 23.5 Å². The van der Waals surface area contributed by atoms with Crippen LogP contribution in [0.4, 0.5) is 22.6 Å². The molecule has 0 N–H and O–H groups in total. The lowest BCUT2D eigenvalue weighted by molar-refractivity contribution is -0.140. The maximum atomic E-state index is 13.8. The van der Waals surface area contributed by atoms with E-state index in [4.69, 9.17) is 4.74 Å². The standard InChI is InChI=1S/C24H16BrF4NO2S2/c1-32-23(31)15-7-9-16(10-8-15)34-30(22-21(25)17-4-2-3-5-20(17)33-22)13-14-6-11-19(26)18(12-14)24(27,28)29/h2-12H,13H2,1H3. The van der Waals surface area contributed by atoms with E-state index in [2.05, 4.69) is 15.9 Å². The van der Waals surface area contributed by atoms with Gasteiger partial charge in [0.05, 0.1) is 29.3 Å². The molecular formula is C24H16BrF4NO2S2. The number of hydrogen-bond acceptors (Lipinski definition) is 5. The second-order valence-electron chi connectivity index (χ2n) is 7.17. The van der Waals surface area contributed by atoms with Crippen LogP contribution in [0.2, 0.25) is 0 Å². The smallest absolute Gasteiger partial charge is 0.419 e. The minimum Gasteiger partial charge on any atom is -0.465 e. The number of carbonyl (C=O) groups is 1. The second-order valence-corrected chi connectivity index (χ2v) is 10.1. The number of carbonyl (C=O) groups excluding carboxylic acids is 1. The van der Waals surface area contributed by atoms with Gasteiger partial charge >= 0.3 is 12.1 Å². The maximum Gasteiger partial charge on any atom is 0.419 e. The highest BCUT2D eigenvalue weighted by molar-refractivity contribution is 9.10. The molecule has 176 valence electrons. The van der Waals surface area contributed by atoms with E-state index in [1.165, 1.54) is 36.5 Å². The van der Waals surface area contributed by atoms with Crippen molar-refractivity contribution in [3.05, 3.63) is 93.7 Å². The summed E-state index contributed by atoms with van der Waals surface area (Å²) in [5.41, 5.74) is -0.612. The lowest BCUT2D eigenvalue weighted by atomic mass is 10.1. The summed E-state index contributed by atoms with van der Waals surface area (Å²) in [4.78, 5) is 12.5. The van der Waals surface area contributed by atoms with Crippen LogP contribution in [-0.2, 0) is 17.5 Å². The number of halogens is 5. The molecule has 0 atom stereocenters. The second kappa shape index (κ2) is 9.97. The van der Waals surface area contributed by atoms with Crippen molar-refractivity contribution in [1.29, 1.82) is 0 Å². The van der Waals surface area contributed by atoms with Crippen LogP contribution >= 0.6 is 39.2 Å². The molecule has 0 unspecified atom stereocenters. The molecule has 0 saturated carbocycles. The Bertz CT molecular complexity index is 1340. The predicted octanol–water partition coefficient (Wildman–Crippen LogP) is 8.32. The fourth-order valence-electron chi connectivity index (χ4n) is 3.26. The van der Waals surface area contributed by atoms with Crippen LogP contribution < -0.4 is 4.31 Å². The van der Waals surface area contributed by atoms with Crippen LogP contribution in [0.15, 0.2) is 76.1 Å². The molecule has 0 bridgehead atoms. The molecule has 3 nitrogen and oxygen atoms in total. The molecular weight excluding hydrogens is 554 g/mol. The molecule has 0 saturated heterocycles. The SMILES string of the molecule is COC(=O)c1ccc(SN(Cc2ccc(F)c(C(F)(F)F)c2)c2sc3ccccc3c2Br)cc1. The van der Waals surface area contributed by atoms with Gasteiger partial charge < -0.3 is 4.74 Å². The van der Waals surface area contributed by atoms with Crippen LogP contribution in [-0.4, -0.2) is 13.1 Å². The van der Waals surface area contributed by atoms with Crippen LogP contribution in [0, 0.1) is 5.82 Å². The van der Waals surface area contributed by atoms with Crippen LogP contribution in [0.25, 0.3) is 10.1 Å². The molecule has 34 heavy (non-hydrogen) atoms. The van der Waals surface area contributed by atoms with Crippen molar-refractivity contribution < 1.29 is 27.1 Å². The Morgan fingerprint density at radius 3 is 2.44 bits per heavy atom. The van der Waals surface area contributed by atoms with E-state index in [-0.39, 0.29) is 6.54 Å². The molecule has 0 fully saturated rings. The van der Waals surface area contributed by atoms with E-state index in [9.17, 15) is 22.4 Å². The average molecular weight is 570 g/mol. The van der Waals surface area contributed by atoms with Gasteiger partial charge in [-0.15, -0.1) is 11.3 Å². The molecule has 0 aliphatic carbocycles. The van der Waals surface area contributed by atoms with Crippen LogP contribution in [0.5, 0.6) is 0 Å². The molecule has 1 aromatic heterocycles. The van der Waals surface area contributed by atoms with E-state index in [1.54, 1.807) is 24.3 Å². The summed E-state index contributed by atoms with van der Waals surface area (Å²) in [7, 11) is 1.30. The molecule has 1 heterocycles. The van der Waals surface area contributed by atoms with Gasteiger partial charge in [-0.3, -0.25) is 4.31 Å². The summed E-state index contributed by atoms with van der Waals surface area (Å²) in [5.74, 6) is -1.77. The number of hydrogen-bond donors (Lipinski definition) is 0. The third-order valence-corrected chi connectivity index (χ3v) is 8.29. The minimum absolute atomic E-state index is 0.0815. The highest BCUT2D eigenvalue weighted by atomic mass is 79.9. The van der Waals surface area contributed by atoms with Gasteiger partial charge in [0.1, 0.15) is 10.8 Å². The molecule has 0 aliphatic heterocycles. The fourth-order valence-corrected chi connectivity index (χ4v) is 6.43. The summed E-state index contributed by atoms with van der Waals surface area (Å²) in [6.45, 7) is 0.0815. The zero-order valence-electron chi connectivity index (χ0n) is 17.5. The quantitative estimate of drug-likeness (QED) is 0.133. The Morgan fingerprint density at radius 1 is 1.09 bits per heavy atom. The Kier molecular flexibility index (Phi) is 7.20. The number of benzene rings is 3. The Balaban J connectivity index is 1.72. The predicted molar refractivity (Wildman–Crippen MR) is 131 cm³/mol. The third-order valence-electron chi connectivity index (χ3n) is 4.90. The van der Waals surface area contributed by atoms with Crippen molar-refractivity contribution in [2.45, 2.75) is 17.6 Å². The lowest BCUT2D eigenvalue weighted by Crippen LogP contribution is -2.15. The summed E-state index contributed by atoms with van der Waals surface area (Å²) >= 11 is 6.41. The average Bonchev–Trinajstić information content (AvgIpc) is 3.15. The monoisotopic (exact) mass is 569 g/mol. The number of ether oxygens (including phenoxy) is 1. The number of methoxy groups -OCH3 is 1. The number of thiophene rings is 1. The van der Waals surface area contributed by atoms with Crippen molar-refractivity contribution in [3.8, 4) is 0 Å². The minimum atomic E-state index is -4.79. The number of rotatable bonds is 6. The highest BCUT2D eigenvalue weighted by Gasteiger charge is 2.34. The van der Waals surface area contributed by atoms with E-state index >= 15 is 0 Å². The van der Waals surface area contributed by atoms with Gasteiger partial charge in [-0.25, -0.2) is 9.18 Å². The zero-order valence-corrected chi connectivity index (χ0v) is 20.7. The molecule has 4 rings (SSSR count). The summed E-state index contributed by atoms with van der Waals surface area (Å²) < 4.78 is 62.0. The number of esters is 1. The Labute approximate surface area is 209 Å². The summed E-state index contributed by atoms with van der Waals surface area (Å²) in [6, 6.07) is 17.5. The Hall–Kier alpha value is -2.56. The van der Waals surface area contributed by atoms with Crippen molar-refractivity contribution in [3.63, 3.8) is 0 Å². The molecule has 0 aliphatic rings. The third kappa shape index (κ3) is 5.24. The van der Waals surface area contributed by atoms with Gasteiger partial charge in [0.25, 0.3) is 0 Å². The molecule has 4 aromatic rings. The molecule has 0 amide bonds. The largest absolute Gasteiger partial charge is 0.465 e. The van der Waals surface area contributed by atoms with Crippen molar-refractivity contribution in [2.24, 2.45) is 0 Å². The van der Waals surface area contributed by atoms with E-state index in [0.29, 0.717) is 11.1 Å². The fraction of sp³-hybridized carbons (Fsp3) is 0.125. The summed E-state index contributed by atoms with van der Waals surface area (Å²) in [6.07, 6.45) is -4.79. The topological polar surface area (TPSA) is 29.5 Å². The maximum absolute atomic E-state index is 13.8. The number of alkyl halides is 3.